The van der Waals surface area contributed by atoms with Crippen LogP contribution >= 0.6 is 11.8 Å². The molecule has 138 valence electrons. The van der Waals surface area contributed by atoms with Crippen molar-refractivity contribution in [1.29, 1.82) is 0 Å². The summed E-state index contributed by atoms with van der Waals surface area (Å²) in [4.78, 5) is 33.5. The molecule has 2 aromatic rings. The van der Waals surface area contributed by atoms with E-state index >= 15 is 0 Å². The molecule has 0 bridgehead atoms. The van der Waals surface area contributed by atoms with Crippen molar-refractivity contribution in [2.45, 2.75) is 50.2 Å². The maximum Gasteiger partial charge on any atom is 0.251 e. The number of aryl methyl sites for hydroxylation is 2. The summed E-state index contributed by atoms with van der Waals surface area (Å²) >= 11 is 1.30. The molecule has 0 saturated carbocycles. The SMILES string of the molecule is CCCc1cc(=O)[nH]c(SCC(=O)N(C)C2CCCc3ccccc32)n1. The molecule has 0 radical (unpaired) electrons. The number of hydrogen-bond acceptors (Lipinski definition) is 4. The molecule has 5 nitrogen and oxygen atoms in total. The zero-order valence-corrected chi connectivity index (χ0v) is 16.1. The van der Waals surface area contributed by atoms with Gasteiger partial charge < -0.3 is 9.88 Å². The second-order valence-electron chi connectivity index (χ2n) is 6.69. The predicted octanol–water partition coefficient (Wildman–Crippen LogP) is 3.35. The zero-order chi connectivity index (χ0) is 18.5. The third-order valence-electron chi connectivity index (χ3n) is 4.81. The van der Waals surface area contributed by atoms with E-state index in [1.54, 1.807) is 0 Å². The lowest BCUT2D eigenvalue weighted by molar-refractivity contribution is -0.129. The molecule has 1 atom stereocenters. The van der Waals surface area contributed by atoms with Crippen LogP contribution in [0.25, 0.3) is 0 Å². The highest BCUT2D eigenvalue weighted by Crippen LogP contribution is 2.33. The van der Waals surface area contributed by atoms with Crippen LogP contribution in [-0.2, 0) is 17.6 Å². The average molecular weight is 372 g/mol. The number of thioether (sulfide) groups is 1. The summed E-state index contributed by atoms with van der Waals surface area (Å²) < 4.78 is 0. The molecule has 0 saturated heterocycles. The molecule has 1 heterocycles. The second kappa shape index (κ2) is 8.54. The molecule has 0 fully saturated rings. The van der Waals surface area contributed by atoms with Gasteiger partial charge in [-0.2, -0.15) is 0 Å². The topological polar surface area (TPSA) is 66.1 Å². The number of rotatable bonds is 6. The highest BCUT2D eigenvalue weighted by atomic mass is 32.2. The highest BCUT2D eigenvalue weighted by molar-refractivity contribution is 7.99. The Bertz CT molecular complexity index is 834. The molecular weight excluding hydrogens is 346 g/mol. The van der Waals surface area contributed by atoms with Gasteiger partial charge in [0.25, 0.3) is 5.56 Å². The standard InChI is InChI=1S/C20H25N3O2S/c1-3-7-15-12-18(24)22-20(21-15)26-13-19(25)23(2)17-11-6-9-14-8-4-5-10-16(14)17/h4-5,8,10,12,17H,3,6-7,9,11,13H2,1-2H3,(H,21,22,24). The minimum atomic E-state index is -0.159. The van der Waals surface area contributed by atoms with Crippen LogP contribution in [0.3, 0.4) is 0 Å². The molecular formula is C20H25N3O2S. The first-order valence-electron chi connectivity index (χ1n) is 9.15. The Morgan fingerprint density at radius 3 is 3.00 bits per heavy atom. The van der Waals surface area contributed by atoms with E-state index in [0.29, 0.717) is 5.16 Å². The molecule has 0 spiro atoms. The quantitative estimate of drug-likeness (QED) is 0.625. The summed E-state index contributed by atoms with van der Waals surface area (Å²) in [6.45, 7) is 2.05. The normalized spacial score (nSPS) is 16.2. The number of aromatic nitrogens is 2. The van der Waals surface area contributed by atoms with Crippen LogP contribution in [0.4, 0.5) is 0 Å². The Labute approximate surface area is 158 Å². The van der Waals surface area contributed by atoms with Crippen molar-refractivity contribution in [2.24, 2.45) is 0 Å². The number of aromatic amines is 1. The smallest absolute Gasteiger partial charge is 0.251 e. The third-order valence-corrected chi connectivity index (χ3v) is 5.67. The van der Waals surface area contributed by atoms with E-state index in [1.807, 2.05) is 18.0 Å². The van der Waals surface area contributed by atoms with Crippen molar-refractivity contribution >= 4 is 17.7 Å². The van der Waals surface area contributed by atoms with Gasteiger partial charge in [0.15, 0.2) is 5.16 Å². The molecule has 1 amide bonds. The minimum absolute atomic E-state index is 0.0558. The Morgan fingerprint density at radius 2 is 2.19 bits per heavy atom. The predicted molar refractivity (Wildman–Crippen MR) is 104 cm³/mol. The molecule has 1 unspecified atom stereocenters. The van der Waals surface area contributed by atoms with Gasteiger partial charge in [-0.25, -0.2) is 4.98 Å². The number of fused-ring (bicyclic) bond motifs is 1. The van der Waals surface area contributed by atoms with Gasteiger partial charge in [0.2, 0.25) is 5.91 Å². The van der Waals surface area contributed by atoms with Crippen molar-refractivity contribution in [1.82, 2.24) is 14.9 Å². The largest absolute Gasteiger partial charge is 0.338 e. The van der Waals surface area contributed by atoms with E-state index in [0.717, 1.165) is 37.8 Å². The maximum atomic E-state index is 12.7. The first-order chi connectivity index (χ1) is 12.6. The van der Waals surface area contributed by atoms with Crippen LogP contribution in [0.5, 0.6) is 0 Å². The maximum absolute atomic E-state index is 12.7. The Kier molecular flexibility index (Phi) is 6.14. The number of carbonyl (C=O) groups excluding carboxylic acids is 1. The third kappa shape index (κ3) is 4.36. The van der Waals surface area contributed by atoms with Gasteiger partial charge in [0.1, 0.15) is 0 Å². The summed E-state index contributed by atoms with van der Waals surface area (Å²) in [5.41, 5.74) is 3.22. The van der Waals surface area contributed by atoms with E-state index in [2.05, 4.69) is 35.1 Å². The fourth-order valence-corrected chi connectivity index (χ4v) is 4.29. The van der Waals surface area contributed by atoms with Crippen LogP contribution in [0.2, 0.25) is 0 Å². The molecule has 1 aromatic carbocycles. The lowest BCUT2D eigenvalue weighted by Gasteiger charge is -2.33. The summed E-state index contributed by atoms with van der Waals surface area (Å²) in [6.07, 6.45) is 4.87. The summed E-state index contributed by atoms with van der Waals surface area (Å²) in [5, 5.41) is 0.520. The van der Waals surface area contributed by atoms with Gasteiger partial charge in [-0.05, 0) is 36.8 Å². The molecule has 1 aromatic heterocycles. The van der Waals surface area contributed by atoms with Crippen LogP contribution in [-0.4, -0.2) is 33.6 Å². The number of nitrogens with one attached hydrogen (secondary N) is 1. The fourth-order valence-electron chi connectivity index (χ4n) is 3.47. The van der Waals surface area contributed by atoms with Crippen molar-refractivity contribution in [3.8, 4) is 0 Å². The molecule has 6 heteroatoms. The van der Waals surface area contributed by atoms with Gasteiger partial charge in [0.05, 0.1) is 11.8 Å². The lowest BCUT2D eigenvalue weighted by atomic mass is 9.87. The van der Waals surface area contributed by atoms with Crippen molar-refractivity contribution in [2.75, 3.05) is 12.8 Å². The molecule has 1 aliphatic carbocycles. The molecule has 0 aliphatic heterocycles. The van der Waals surface area contributed by atoms with Gasteiger partial charge in [-0.1, -0.05) is 49.4 Å². The van der Waals surface area contributed by atoms with Crippen molar-refractivity contribution in [3.05, 3.63) is 57.5 Å². The highest BCUT2D eigenvalue weighted by Gasteiger charge is 2.26. The van der Waals surface area contributed by atoms with Crippen LogP contribution in [0.1, 0.15) is 49.0 Å². The van der Waals surface area contributed by atoms with Crippen LogP contribution in [0, 0.1) is 0 Å². The Hall–Kier alpha value is -2.08. The van der Waals surface area contributed by atoms with Gasteiger partial charge in [0, 0.05) is 18.8 Å². The second-order valence-corrected chi connectivity index (χ2v) is 7.66. The van der Waals surface area contributed by atoms with E-state index in [-0.39, 0.29) is 23.3 Å². The molecule has 26 heavy (non-hydrogen) atoms. The fraction of sp³-hybridized carbons (Fsp3) is 0.450. The summed E-state index contributed by atoms with van der Waals surface area (Å²) in [6, 6.07) is 10.0. The van der Waals surface area contributed by atoms with Gasteiger partial charge in [-0.3, -0.25) is 9.59 Å². The van der Waals surface area contributed by atoms with Crippen LogP contribution in [0.15, 0.2) is 40.3 Å². The number of benzene rings is 1. The first-order valence-corrected chi connectivity index (χ1v) is 10.1. The van der Waals surface area contributed by atoms with E-state index in [1.165, 1.54) is 29.0 Å². The Balaban J connectivity index is 1.66. The average Bonchev–Trinajstić information content (AvgIpc) is 2.65. The van der Waals surface area contributed by atoms with E-state index in [4.69, 9.17) is 0 Å². The number of amides is 1. The summed E-state index contributed by atoms with van der Waals surface area (Å²) in [5.74, 6) is 0.327. The first kappa shape index (κ1) is 18.7. The Morgan fingerprint density at radius 1 is 1.38 bits per heavy atom. The minimum Gasteiger partial charge on any atom is -0.338 e. The number of carbonyl (C=O) groups is 1. The van der Waals surface area contributed by atoms with Gasteiger partial charge >= 0.3 is 0 Å². The van der Waals surface area contributed by atoms with Gasteiger partial charge in [-0.15, -0.1) is 0 Å². The van der Waals surface area contributed by atoms with Crippen molar-refractivity contribution < 1.29 is 4.79 Å². The van der Waals surface area contributed by atoms with Crippen molar-refractivity contribution in [3.63, 3.8) is 0 Å². The number of hydrogen-bond donors (Lipinski definition) is 1. The number of H-pyrrole nitrogens is 1. The lowest BCUT2D eigenvalue weighted by Crippen LogP contribution is -2.34. The molecule has 1 N–H and O–H groups in total. The van der Waals surface area contributed by atoms with Crippen LogP contribution < -0.4 is 5.56 Å². The molecule has 3 rings (SSSR count). The number of nitrogens with zero attached hydrogens (tertiary/aromatic N) is 2. The van der Waals surface area contributed by atoms with E-state index in [9.17, 15) is 9.59 Å². The zero-order valence-electron chi connectivity index (χ0n) is 15.3. The summed E-state index contributed by atoms with van der Waals surface area (Å²) in [7, 11) is 1.87. The van der Waals surface area contributed by atoms with E-state index < -0.39 is 0 Å². The molecule has 1 aliphatic rings. The monoisotopic (exact) mass is 371 g/mol.